The van der Waals surface area contributed by atoms with E-state index in [9.17, 15) is 0 Å². The van der Waals surface area contributed by atoms with Gasteiger partial charge in [-0.15, -0.1) is 0 Å². The highest BCUT2D eigenvalue weighted by Gasteiger charge is 2.08. The molecule has 4 nitrogen and oxygen atoms in total. The van der Waals surface area contributed by atoms with E-state index in [2.05, 4.69) is 22.2 Å². The van der Waals surface area contributed by atoms with E-state index < -0.39 is 0 Å². The number of rotatable bonds is 5. The summed E-state index contributed by atoms with van der Waals surface area (Å²) in [4.78, 5) is 7.70. The number of nitrogens with one attached hydrogen (secondary N) is 2. The number of anilines is 1. The Morgan fingerprint density at radius 1 is 1.44 bits per heavy atom. The fourth-order valence-electron chi connectivity index (χ4n) is 1.68. The third kappa shape index (κ3) is 2.33. The van der Waals surface area contributed by atoms with Crippen LogP contribution in [0.1, 0.15) is 13.3 Å². The average molecular weight is 219 g/mol. The Morgan fingerprint density at radius 3 is 2.94 bits per heavy atom. The fraction of sp³-hybridized carbons (Fsp3) is 0.417. The second-order valence-corrected chi connectivity index (χ2v) is 3.81. The number of imidazole rings is 1. The van der Waals surface area contributed by atoms with Crippen molar-refractivity contribution >= 4 is 17.0 Å². The van der Waals surface area contributed by atoms with Crippen LogP contribution in [0.4, 0.5) is 5.95 Å². The van der Waals surface area contributed by atoms with E-state index in [1.807, 2.05) is 24.3 Å². The van der Waals surface area contributed by atoms with Crippen LogP contribution in [-0.4, -0.2) is 29.7 Å². The van der Waals surface area contributed by atoms with E-state index in [0.717, 1.165) is 23.4 Å². The summed E-state index contributed by atoms with van der Waals surface area (Å²) in [5.74, 6) is 0.810. The van der Waals surface area contributed by atoms with Crippen LogP contribution in [0.2, 0.25) is 0 Å². The maximum absolute atomic E-state index is 5.14. The van der Waals surface area contributed by atoms with Crippen LogP contribution in [-0.2, 0) is 4.74 Å². The Balaban J connectivity index is 2.14. The second-order valence-electron chi connectivity index (χ2n) is 3.81. The first-order valence-corrected chi connectivity index (χ1v) is 5.53. The molecule has 0 aliphatic carbocycles. The van der Waals surface area contributed by atoms with Crippen molar-refractivity contribution in [2.45, 2.75) is 19.4 Å². The number of aromatic nitrogens is 2. The van der Waals surface area contributed by atoms with Crippen molar-refractivity contribution in [2.24, 2.45) is 0 Å². The Morgan fingerprint density at radius 2 is 2.25 bits per heavy atom. The Hall–Kier alpha value is -1.55. The van der Waals surface area contributed by atoms with Crippen LogP contribution < -0.4 is 5.32 Å². The summed E-state index contributed by atoms with van der Waals surface area (Å²) in [5, 5.41) is 3.33. The molecule has 4 heteroatoms. The van der Waals surface area contributed by atoms with Crippen LogP contribution >= 0.6 is 0 Å². The van der Waals surface area contributed by atoms with E-state index in [0.29, 0.717) is 12.6 Å². The van der Waals surface area contributed by atoms with E-state index in [-0.39, 0.29) is 0 Å². The first kappa shape index (κ1) is 11.0. The van der Waals surface area contributed by atoms with Gasteiger partial charge in [0.25, 0.3) is 0 Å². The summed E-state index contributed by atoms with van der Waals surface area (Å²) >= 11 is 0. The van der Waals surface area contributed by atoms with Gasteiger partial charge in [0.05, 0.1) is 23.7 Å². The van der Waals surface area contributed by atoms with Gasteiger partial charge in [-0.1, -0.05) is 19.1 Å². The molecule has 0 fully saturated rings. The van der Waals surface area contributed by atoms with Crippen LogP contribution in [0.3, 0.4) is 0 Å². The summed E-state index contributed by atoms with van der Waals surface area (Å²) in [6.07, 6.45) is 1.00. The number of para-hydroxylation sites is 2. The first-order chi connectivity index (χ1) is 7.83. The largest absolute Gasteiger partial charge is 0.383 e. The van der Waals surface area contributed by atoms with Crippen molar-refractivity contribution in [2.75, 3.05) is 19.0 Å². The van der Waals surface area contributed by atoms with Crippen LogP contribution in [0.15, 0.2) is 24.3 Å². The Labute approximate surface area is 95.0 Å². The molecule has 1 atom stereocenters. The number of fused-ring (bicyclic) bond motifs is 1. The van der Waals surface area contributed by atoms with Gasteiger partial charge in [-0.05, 0) is 18.6 Å². The number of benzene rings is 1. The van der Waals surface area contributed by atoms with Crippen molar-refractivity contribution in [3.8, 4) is 0 Å². The molecule has 1 unspecified atom stereocenters. The lowest BCUT2D eigenvalue weighted by Crippen LogP contribution is -2.24. The number of hydrogen-bond acceptors (Lipinski definition) is 3. The highest BCUT2D eigenvalue weighted by Crippen LogP contribution is 2.14. The number of ether oxygens (including phenoxy) is 1. The van der Waals surface area contributed by atoms with E-state index in [1.54, 1.807) is 7.11 Å². The maximum atomic E-state index is 5.14. The lowest BCUT2D eigenvalue weighted by atomic mass is 10.2. The zero-order valence-corrected chi connectivity index (χ0v) is 9.66. The zero-order chi connectivity index (χ0) is 11.4. The third-order valence-corrected chi connectivity index (χ3v) is 2.59. The lowest BCUT2D eigenvalue weighted by molar-refractivity contribution is 0.184. The summed E-state index contributed by atoms with van der Waals surface area (Å²) in [7, 11) is 1.71. The molecule has 86 valence electrons. The summed E-state index contributed by atoms with van der Waals surface area (Å²) in [6, 6.07) is 8.29. The second kappa shape index (κ2) is 4.99. The van der Waals surface area contributed by atoms with Gasteiger partial charge in [-0.3, -0.25) is 0 Å². The molecule has 0 spiro atoms. The molecule has 2 aromatic rings. The van der Waals surface area contributed by atoms with Crippen LogP contribution in [0.25, 0.3) is 11.0 Å². The van der Waals surface area contributed by atoms with Gasteiger partial charge in [0.2, 0.25) is 5.95 Å². The molecule has 0 radical (unpaired) electrons. The number of hydrogen-bond donors (Lipinski definition) is 2. The SMILES string of the molecule is CCC(COC)Nc1nc2ccccc2[nH]1. The third-order valence-electron chi connectivity index (χ3n) is 2.59. The van der Waals surface area contributed by atoms with Crippen molar-refractivity contribution in [1.29, 1.82) is 0 Å². The lowest BCUT2D eigenvalue weighted by Gasteiger charge is -2.14. The highest BCUT2D eigenvalue weighted by molar-refractivity contribution is 5.77. The monoisotopic (exact) mass is 219 g/mol. The van der Waals surface area contributed by atoms with Crippen LogP contribution in [0.5, 0.6) is 0 Å². The summed E-state index contributed by atoms with van der Waals surface area (Å²) in [5.41, 5.74) is 2.04. The molecule has 0 saturated carbocycles. The standard InChI is InChI=1S/C12H17N3O/c1-3-9(8-16-2)13-12-14-10-6-4-5-7-11(10)15-12/h4-7,9H,3,8H2,1-2H3,(H2,13,14,15). The molecule has 1 aromatic carbocycles. The molecule has 1 heterocycles. The predicted octanol–water partition coefficient (Wildman–Crippen LogP) is 2.40. The van der Waals surface area contributed by atoms with Crippen molar-refractivity contribution in [1.82, 2.24) is 9.97 Å². The molecule has 1 aromatic heterocycles. The maximum Gasteiger partial charge on any atom is 0.201 e. The van der Waals surface area contributed by atoms with E-state index in [4.69, 9.17) is 4.74 Å². The molecular weight excluding hydrogens is 202 g/mol. The van der Waals surface area contributed by atoms with Gasteiger partial charge >= 0.3 is 0 Å². The highest BCUT2D eigenvalue weighted by atomic mass is 16.5. The summed E-state index contributed by atoms with van der Waals surface area (Å²) in [6.45, 7) is 2.81. The minimum Gasteiger partial charge on any atom is -0.383 e. The van der Waals surface area contributed by atoms with Crippen molar-refractivity contribution in [3.63, 3.8) is 0 Å². The molecule has 2 N–H and O–H groups in total. The van der Waals surface area contributed by atoms with Crippen molar-refractivity contribution < 1.29 is 4.74 Å². The number of H-pyrrole nitrogens is 1. The minimum absolute atomic E-state index is 0.297. The van der Waals surface area contributed by atoms with Gasteiger partial charge in [-0.25, -0.2) is 4.98 Å². The van der Waals surface area contributed by atoms with Gasteiger partial charge in [0.15, 0.2) is 0 Å². The normalized spacial score (nSPS) is 12.9. The topological polar surface area (TPSA) is 49.9 Å². The molecular formula is C12H17N3O. The zero-order valence-electron chi connectivity index (χ0n) is 9.66. The molecule has 2 rings (SSSR count). The molecule has 0 saturated heterocycles. The van der Waals surface area contributed by atoms with Crippen molar-refractivity contribution in [3.05, 3.63) is 24.3 Å². The molecule has 0 aliphatic heterocycles. The quantitative estimate of drug-likeness (QED) is 0.811. The first-order valence-electron chi connectivity index (χ1n) is 5.53. The Kier molecular flexibility index (Phi) is 3.41. The average Bonchev–Trinajstić information content (AvgIpc) is 2.70. The molecule has 0 aliphatic rings. The van der Waals surface area contributed by atoms with Gasteiger partial charge < -0.3 is 15.0 Å². The van der Waals surface area contributed by atoms with Gasteiger partial charge in [0.1, 0.15) is 0 Å². The predicted molar refractivity (Wildman–Crippen MR) is 65.7 cm³/mol. The number of methoxy groups -OCH3 is 1. The number of aromatic amines is 1. The molecule has 16 heavy (non-hydrogen) atoms. The van der Waals surface area contributed by atoms with Gasteiger partial charge in [-0.2, -0.15) is 0 Å². The van der Waals surface area contributed by atoms with E-state index in [1.165, 1.54) is 0 Å². The minimum atomic E-state index is 0.297. The smallest absolute Gasteiger partial charge is 0.201 e. The number of nitrogens with zero attached hydrogens (tertiary/aromatic N) is 1. The van der Waals surface area contributed by atoms with Crippen LogP contribution in [0, 0.1) is 0 Å². The molecule has 0 amide bonds. The van der Waals surface area contributed by atoms with Gasteiger partial charge in [0, 0.05) is 7.11 Å². The fourth-order valence-corrected chi connectivity index (χ4v) is 1.68. The Bertz CT molecular complexity index is 419. The summed E-state index contributed by atoms with van der Waals surface area (Å²) < 4.78 is 5.14. The molecule has 0 bridgehead atoms. The van der Waals surface area contributed by atoms with E-state index >= 15 is 0 Å².